The molecule has 3 nitrogen and oxygen atoms in total. The highest BCUT2D eigenvalue weighted by Crippen LogP contribution is 2.34. The van der Waals surface area contributed by atoms with E-state index in [0.717, 1.165) is 13.4 Å². The van der Waals surface area contributed by atoms with Gasteiger partial charge in [0.1, 0.15) is 0 Å². The van der Waals surface area contributed by atoms with Crippen molar-refractivity contribution < 1.29 is 4.79 Å². The highest BCUT2D eigenvalue weighted by atomic mass is 79.9. The van der Waals surface area contributed by atoms with Gasteiger partial charge in [0.15, 0.2) is 0 Å². The first-order valence-electron chi connectivity index (χ1n) is 4.13. The zero-order valence-electron chi connectivity index (χ0n) is 7.85. The van der Waals surface area contributed by atoms with Crippen LogP contribution >= 0.6 is 47.8 Å². The number of carbonyl (C=O) groups is 1. The number of benzene rings is 1. The number of hydrogen-bond acceptors (Lipinski definition) is 2. The standard InChI is InChI=1S/C9H9Br3N2O/c1-4(13)9(15)14-8-6(11)2-5(10)3-7(8)12/h2-4H,13H2,1H3,(H,14,15)/t4-/m1/s1. The molecule has 0 bridgehead atoms. The van der Waals surface area contributed by atoms with Crippen LogP contribution in [0.4, 0.5) is 5.69 Å². The van der Waals surface area contributed by atoms with Gasteiger partial charge in [-0.25, -0.2) is 0 Å². The SMILES string of the molecule is C[C@@H](N)C(=O)Nc1c(Br)cc(Br)cc1Br. The van der Waals surface area contributed by atoms with Crippen LogP contribution < -0.4 is 11.1 Å². The van der Waals surface area contributed by atoms with Crippen LogP contribution in [0.25, 0.3) is 0 Å². The molecule has 82 valence electrons. The number of rotatable bonds is 2. The summed E-state index contributed by atoms with van der Waals surface area (Å²) in [5, 5.41) is 2.73. The Kier molecular flexibility index (Phi) is 4.76. The quantitative estimate of drug-likeness (QED) is 0.800. The molecule has 1 amide bonds. The van der Waals surface area contributed by atoms with Crippen LogP contribution in [0.1, 0.15) is 6.92 Å². The summed E-state index contributed by atoms with van der Waals surface area (Å²) in [6, 6.07) is 3.16. The van der Waals surface area contributed by atoms with E-state index in [-0.39, 0.29) is 5.91 Å². The van der Waals surface area contributed by atoms with Gasteiger partial charge in [0.05, 0.1) is 11.7 Å². The number of nitrogens with one attached hydrogen (secondary N) is 1. The van der Waals surface area contributed by atoms with Crippen LogP contribution in [0.3, 0.4) is 0 Å². The van der Waals surface area contributed by atoms with Crippen molar-refractivity contribution in [3.05, 3.63) is 25.6 Å². The molecule has 0 saturated heterocycles. The fourth-order valence-electron chi connectivity index (χ4n) is 0.899. The maximum atomic E-state index is 11.4. The van der Waals surface area contributed by atoms with Crippen LogP contribution in [0.2, 0.25) is 0 Å². The average Bonchev–Trinajstić information content (AvgIpc) is 2.10. The lowest BCUT2D eigenvalue weighted by Gasteiger charge is -2.11. The van der Waals surface area contributed by atoms with Gasteiger partial charge < -0.3 is 11.1 Å². The molecule has 1 atom stereocenters. The van der Waals surface area contributed by atoms with E-state index in [2.05, 4.69) is 53.1 Å². The molecule has 0 fully saturated rings. The Morgan fingerprint density at radius 3 is 2.20 bits per heavy atom. The van der Waals surface area contributed by atoms with Crippen molar-refractivity contribution in [3.63, 3.8) is 0 Å². The van der Waals surface area contributed by atoms with Crippen LogP contribution in [-0.4, -0.2) is 11.9 Å². The third kappa shape index (κ3) is 3.55. The molecule has 1 aromatic carbocycles. The summed E-state index contributed by atoms with van der Waals surface area (Å²) in [5.41, 5.74) is 6.14. The van der Waals surface area contributed by atoms with Crippen molar-refractivity contribution in [1.29, 1.82) is 0 Å². The van der Waals surface area contributed by atoms with Gasteiger partial charge in [-0.2, -0.15) is 0 Å². The van der Waals surface area contributed by atoms with E-state index < -0.39 is 6.04 Å². The molecule has 15 heavy (non-hydrogen) atoms. The molecule has 0 spiro atoms. The third-order valence-corrected chi connectivity index (χ3v) is 3.38. The highest BCUT2D eigenvalue weighted by Gasteiger charge is 2.12. The van der Waals surface area contributed by atoms with Gasteiger partial charge in [-0.3, -0.25) is 4.79 Å². The van der Waals surface area contributed by atoms with Crippen LogP contribution in [0.15, 0.2) is 25.6 Å². The number of anilines is 1. The van der Waals surface area contributed by atoms with Crippen molar-refractivity contribution in [2.75, 3.05) is 5.32 Å². The minimum atomic E-state index is -0.535. The molecule has 0 saturated carbocycles. The van der Waals surface area contributed by atoms with Gasteiger partial charge in [-0.1, -0.05) is 15.9 Å². The first kappa shape index (κ1) is 13.2. The van der Waals surface area contributed by atoms with Crippen molar-refractivity contribution in [1.82, 2.24) is 0 Å². The highest BCUT2D eigenvalue weighted by molar-refractivity contribution is 9.11. The molecular weight excluding hydrogens is 392 g/mol. The molecule has 1 aromatic rings. The lowest BCUT2D eigenvalue weighted by molar-refractivity contribution is -0.117. The number of amides is 1. The average molecular weight is 401 g/mol. The maximum absolute atomic E-state index is 11.4. The summed E-state index contributed by atoms with van der Waals surface area (Å²) in [7, 11) is 0. The summed E-state index contributed by atoms with van der Waals surface area (Å²) >= 11 is 10.1. The van der Waals surface area contributed by atoms with Crippen molar-refractivity contribution >= 4 is 59.4 Å². The van der Waals surface area contributed by atoms with E-state index in [1.54, 1.807) is 6.92 Å². The summed E-state index contributed by atoms with van der Waals surface area (Å²) < 4.78 is 2.50. The molecule has 0 heterocycles. The molecule has 0 aliphatic heterocycles. The molecule has 3 N–H and O–H groups in total. The number of nitrogens with two attached hydrogens (primary N) is 1. The van der Waals surface area contributed by atoms with E-state index >= 15 is 0 Å². The second-order valence-electron chi connectivity index (χ2n) is 3.02. The molecule has 0 aliphatic rings. The second-order valence-corrected chi connectivity index (χ2v) is 5.65. The summed E-state index contributed by atoms with van der Waals surface area (Å²) in [6.45, 7) is 1.63. The van der Waals surface area contributed by atoms with Gasteiger partial charge in [0.25, 0.3) is 0 Å². The molecule has 0 aliphatic carbocycles. The van der Waals surface area contributed by atoms with Gasteiger partial charge in [-0.15, -0.1) is 0 Å². The van der Waals surface area contributed by atoms with E-state index in [1.165, 1.54) is 0 Å². The first-order chi connectivity index (χ1) is 6.91. The molecular formula is C9H9Br3N2O. The zero-order valence-corrected chi connectivity index (χ0v) is 12.6. The van der Waals surface area contributed by atoms with E-state index in [1.807, 2.05) is 12.1 Å². The fraction of sp³-hybridized carbons (Fsp3) is 0.222. The van der Waals surface area contributed by atoms with Crippen molar-refractivity contribution in [2.24, 2.45) is 5.73 Å². The summed E-state index contributed by atoms with van der Waals surface area (Å²) in [4.78, 5) is 11.4. The van der Waals surface area contributed by atoms with Crippen LogP contribution in [0, 0.1) is 0 Å². The van der Waals surface area contributed by atoms with Gasteiger partial charge >= 0.3 is 0 Å². The summed E-state index contributed by atoms with van der Waals surface area (Å²) in [6.07, 6.45) is 0. The Morgan fingerprint density at radius 2 is 1.80 bits per heavy atom. The van der Waals surface area contributed by atoms with Gasteiger partial charge in [0, 0.05) is 13.4 Å². The first-order valence-corrected chi connectivity index (χ1v) is 6.50. The molecule has 0 radical (unpaired) electrons. The Morgan fingerprint density at radius 1 is 1.33 bits per heavy atom. The fourth-order valence-corrected chi connectivity index (χ4v) is 3.36. The van der Waals surface area contributed by atoms with E-state index in [9.17, 15) is 4.79 Å². The molecule has 6 heteroatoms. The van der Waals surface area contributed by atoms with Gasteiger partial charge in [0.2, 0.25) is 5.91 Å². The minimum Gasteiger partial charge on any atom is -0.323 e. The van der Waals surface area contributed by atoms with E-state index in [4.69, 9.17) is 5.73 Å². The van der Waals surface area contributed by atoms with Gasteiger partial charge in [-0.05, 0) is 50.9 Å². The van der Waals surface area contributed by atoms with E-state index in [0.29, 0.717) is 5.69 Å². The molecule has 1 rings (SSSR count). The number of carbonyl (C=O) groups excluding carboxylic acids is 1. The third-order valence-electron chi connectivity index (χ3n) is 1.67. The topological polar surface area (TPSA) is 55.1 Å². The maximum Gasteiger partial charge on any atom is 0.241 e. The Balaban J connectivity index is 3.00. The Hall–Kier alpha value is 0.0900. The van der Waals surface area contributed by atoms with Crippen LogP contribution in [0.5, 0.6) is 0 Å². The normalized spacial score (nSPS) is 12.3. The number of hydrogen-bond donors (Lipinski definition) is 2. The predicted octanol–water partition coefficient (Wildman–Crippen LogP) is 3.26. The van der Waals surface area contributed by atoms with Crippen molar-refractivity contribution in [3.8, 4) is 0 Å². The monoisotopic (exact) mass is 398 g/mol. The minimum absolute atomic E-state index is 0.223. The zero-order chi connectivity index (χ0) is 11.6. The lowest BCUT2D eigenvalue weighted by Crippen LogP contribution is -2.32. The predicted molar refractivity (Wildman–Crippen MR) is 71.8 cm³/mol. The largest absolute Gasteiger partial charge is 0.323 e. The lowest BCUT2D eigenvalue weighted by atomic mass is 10.3. The van der Waals surface area contributed by atoms with Crippen molar-refractivity contribution in [2.45, 2.75) is 13.0 Å². The number of halogens is 3. The molecule has 0 aromatic heterocycles. The molecule has 0 unspecified atom stereocenters. The Labute approximate surface area is 113 Å². The second kappa shape index (κ2) is 5.43. The summed E-state index contributed by atoms with van der Waals surface area (Å²) in [5.74, 6) is -0.223. The Bertz CT molecular complexity index is 370. The smallest absolute Gasteiger partial charge is 0.241 e. The van der Waals surface area contributed by atoms with Crippen LogP contribution in [-0.2, 0) is 4.79 Å².